The molecule has 2 aromatic rings. The molecule has 152 valence electrons. The van der Waals surface area contributed by atoms with Crippen LogP contribution < -0.4 is 4.90 Å². The van der Waals surface area contributed by atoms with Crippen molar-refractivity contribution in [3.63, 3.8) is 0 Å². The van der Waals surface area contributed by atoms with Gasteiger partial charge in [-0.25, -0.2) is 14.0 Å². The van der Waals surface area contributed by atoms with Crippen LogP contribution in [-0.2, 0) is 11.2 Å². The molecule has 0 aliphatic carbocycles. The van der Waals surface area contributed by atoms with Gasteiger partial charge in [0.1, 0.15) is 11.6 Å². The predicted molar refractivity (Wildman–Crippen MR) is 105 cm³/mol. The summed E-state index contributed by atoms with van der Waals surface area (Å²) in [6, 6.07) is 9.15. The van der Waals surface area contributed by atoms with Gasteiger partial charge in [-0.2, -0.15) is 0 Å². The van der Waals surface area contributed by atoms with Crippen molar-refractivity contribution >= 4 is 23.4 Å². The molecule has 1 fully saturated rings. The smallest absolute Gasteiger partial charge is 0.338 e. The highest BCUT2D eigenvalue weighted by atomic mass is 19.1. The first-order chi connectivity index (χ1) is 13.8. The van der Waals surface area contributed by atoms with Crippen molar-refractivity contribution in [2.24, 2.45) is 5.92 Å². The van der Waals surface area contributed by atoms with Gasteiger partial charge in [-0.05, 0) is 49.1 Å². The van der Waals surface area contributed by atoms with E-state index in [0.29, 0.717) is 37.2 Å². The van der Waals surface area contributed by atoms with E-state index < -0.39 is 17.8 Å². The van der Waals surface area contributed by atoms with Crippen molar-refractivity contribution < 1.29 is 29.0 Å². The van der Waals surface area contributed by atoms with E-state index in [-0.39, 0.29) is 34.8 Å². The summed E-state index contributed by atoms with van der Waals surface area (Å²) >= 11 is 0. The average Bonchev–Trinajstić information content (AvgIpc) is 2.69. The van der Waals surface area contributed by atoms with Crippen LogP contribution in [0.4, 0.5) is 10.1 Å². The zero-order valence-corrected chi connectivity index (χ0v) is 16.0. The second-order valence-corrected chi connectivity index (χ2v) is 7.24. The second kappa shape index (κ2) is 8.43. The minimum atomic E-state index is -1.18. The molecule has 0 aromatic heterocycles. The summed E-state index contributed by atoms with van der Waals surface area (Å²) in [5, 5.41) is 18.8. The number of aromatic carboxylic acids is 2. The molecule has 0 saturated carbocycles. The molecule has 29 heavy (non-hydrogen) atoms. The number of anilines is 1. The fraction of sp³-hybridized carbons (Fsp3) is 0.318. The van der Waals surface area contributed by atoms with Crippen LogP contribution in [0.15, 0.2) is 36.4 Å². The molecule has 0 amide bonds. The summed E-state index contributed by atoms with van der Waals surface area (Å²) in [7, 11) is 0. The quantitative estimate of drug-likeness (QED) is 0.771. The van der Waals surface area contributed by atoms with Crippen LogP contribution in [0.1, 0.15) is 44.7 Å². The Bertz CT molecular complexity index is 964. The van der Waals surface area contributed by atoms with Gasteiger partial charge in [-0.15, -0.1) is 0 Å². The highest BCUT2D eigenvalue weighted by molar-refractivity contribution is 6.01. The third kappa shape index (κ3) is 4.29. The summed E-state index contributed by atoms with van der Waals surface area (Å²) in [6.07, 6.45) is 1.11. The zero-order chi connectivity index (χ0) is 21.1. The fourth-order valence-corrected chi connectivity index (χ4v) is 3.88. The van der Waals surface area contributed by atoms with Crippen LogP contribution in [0, 0.1) is 18.7 Å². The van der Waals surface area contributed by atoms with Crippen LogP contribution >= 0.6 is 0 Å². The minimum Gasteiger partial charge on any atom is -0.478 e. The molecule has 0 radical (unpaired) electrons. The van der Waals surface area contributed by atoms with Crippen molar-refractivity contribution in [1.29, 1.82) is 0 Å². The number of nitrogens with zero attached hydrogens (tertiary/aromatic N) is 1. The number of carbonyl (C=O) groups is 3. The second-order valence-electron chi connectivity index (χ2n) is 7.24. The lowest BCUT2D eigenvalue weighted by Gasteiger charge is -2.34. The lowest BCUT2D eigenvalue weighted by molar-refractivity contribution is -0.122. The molecule has 1 aliphatic rings. The maximum atomic E-state index is 13.8. The van der Waals surface area contributed by atoms with Crippen molar-refractivity contribution in [2.75, 3.05) is 18.0 Å². The number of carbonyl (C=O) groups excluding carboxylic acids is 1. The molecule has 6 nitrogen and oxygen atoms in total. The molecule has 1 heterocycles. The predicted octanol–water partition coefficient (Wildman–Crippen LogP) is 3.56. The van der Waals surface area contributed by atoms with Gasteiger partial charge in [0.05, 0.1) is 16.8 Å². The molecule has 7 heteroatoms. The monoisotopic (exact) mass is 399 g/mol. The van der Waals surface area contributed by atoms with Crippen LogP contribution in [0.2, 0.25) is 0 Å². The van der Waals surface area contributed by atoms with Gasteiger partial charge in [-0.1, -0.05) is 18.2 Å². The van der Waals surface area contributed by atoms with Gasteiger partial charge in [-0.3, -0.25) is 4.79 Å². The molecule has 0 bridgehead atoms. The van der Waals surface area contributed by atoms with Gasteiger partial charge >= 0.3 is 11.9 Å². The Kier molecular flexibility index (Phi) is 5.96. The Labute approximate surface area is 167 Å². The Balaban J connectivity index is 1.73. The number of piperidine rings is 1. The molecule has 0 atom stereocenters. The summed E-state index contributed by atoms with van der Waals surface area (Å²) < 4.78 is 13.8. The van der Waals surface area contributed by atoms with Crippen LogP contribution in [0.5, 0.6) is 0 Å². The largest absolute Gasteiger partial charge is 0.478 e. The maximum Gasteiger partial charge on any atom is 0.338 e. The average molecular weight is 399 g/mol. The number of carboxylic acids is 2. The minimum absolute atomic E-state index is 0.0226. The molecule has 0 unspecified atom stereocenters. The van der Waals surface area contributed by atoms with Gasteiger partial charge in [0.25, 0.3) is 0 Å². The highest BCUT2D eigenvalue weighted by Crippen LogP contribution is 2.31. The van der Waals surface area contributed by atoms with E-state index in [1.807, 2.05) is 4.90 Å². The van der Waals surface area contributed by atoms with Crippen LogP contribution in [0.25, 0.3) is 0 Å². The number of carboxylic acid groups (broad SMARTS) is 2. The summed E-state index contributed by atoms with van der Waals surface area (Å²) in [6.45, 7) is 2.43. The summed E-state index contributed by atoms with van der Waals surface area (Å²) in [5.74, 6) is -2.98. The number of hydrogen-bond acceptors (Lipinski definition) is 4. The third-order valence-electron chi connectivity index (χ3n) is 5.50. The first-order valence-corrected chi connectivity index (χ1v) is 9.40. The number of rotatable bonds is 6. The SMILES string of the molecule is Cc1c(C(=O)O)ccc(N2CCC(C(=O)Cc3ccccc3F)CC2)c1C(=O)O. The van der Waals surface area contributed by atoms with Crippen molar-refractivity contribution in [1.82, 2.24) is 0 Å². The first-order valence-electron chi connectivity index (χ1n) is 9.40. The van der Waals surface area contributed by atoms with Crippen LogP contribution in [-0.4, -0.2) is 41.0 Å². The Hall–Kier alpha value is -3.22. The molecular formula is C22H22FNO5. The topological polar surface area (TPSA) is 94.9 Å². The van der Waals surface area contributed by atoms with E-state index in [4.69, 9.17) is 0 Å². The lowest BCUT2D eigenvalue weighted by Crippen LogP contribution is -2.37. The van der Waals surface area contributed by atoms with E-state index in [9.17, 15) is 29.0 Å². The number of ketones is 1. The molecule has 2 N–H and O–H groups in total. The summed E-state index contributed by atoms with van der Waals surface area (Å²) in [5.41, 5.74) is 0.982. The third-order valence-corrected chi connectivity index (χ3v) is 5.50. The van der Waals surface area contributed by atoms with E-state index >= 15 is 0 Å². The van der Waals surface area contributed by atoms with E-state index in [1.54, 1.807) is 18.2 Å². The van der Waals surface area contributed by atoms with Gasteiger partial charge in [0.15, 0.2) is 0 Å². The van der Waals surface area contributed by atoms with E-state index in [0.717, 1.165) is 0 Å². The van der Waals surface area contributed by atoms with Crippen molar-refractivity contribution in [3.8, 4) is 0 Å². The first kappa shape index (κ1) is 20.5. The normalized spacial score (nSPS) is 14.6. The number of benzene rings is 2. The Morgan fingerprint density at radius 3 is 2.28 bits per heavy atom. The number of halogens is 1. The fourth-order valence-electron chi connectivity index (χ4n) is 3.88. The molecular weight excluding hydrogens is 377 g/mol. The van der Waals surface area contributed by atoms with E-state index in [2.05, 4.69) is 0 Å². The Morgan fingerprint density at radius 1 is 1.03 bits per heavy atom. The highest BCUT2D eigenvalue weighted by Gasteiger charge is 2.29. The van der Waals surface area contributed by atoms with Crippen molar-refractivity contribution in [3.05, 3.63) is 64.5 Å². The van der Waals surface area contributed by atoms with E-state index in [1.165, 1.54) is 25.1 Å². The van der Waals surface area contributed by atoms with Gasteiger partial charge in [0.2, 0.25) is 0 Å². The van der Waals surface area contributed by atoms with Gasteiger partial charge < -0.3 is 15.1 Å². The van der Waals surface area contributed by atoms with Crippen LogP contribution in [0.3, 0.4) is 0 Å². The zero-order valence-electron chi connectivity index (χ0n) is 16.0. The number of Topliss-reactive ketones (excluding diaryl/α,β-unsaturated/α-hetero) is 1. The molecule has 1 saturated heterocycles. The Morgan fingerprint density at radius 2 is 1.69 bits per heavy atom. The van der Waals surface area contributed by atoms with Crippen molar-refractivity contribution in [2.45, 2.75) is 26.2 Å². The standard InChI is InChI=1S/C22H22FNO5/c1-13-16(21(26)27)6-7-18(20(13)22(28)29)24-10-8-14(9-11-24)19(25)12-15-4-2-3-5-17(15)23/h2-7,14H,8-12H2,1H3,(H,26,27)(H,28,29). The molecule has 0 spiro atoms. The van der Waals surface area contributed by atoms with Gasteiger partial charge in [0, 0.05) is 25.4 Å². The maximum absolute atomic E-state index is 13.8. The number of hydrogen-bond donors (Lipinski definition) is 2. The summed E-state index contributed by atoms with van der Waals surface area (Å²) in [4.78, 5) is 37.5. The molecule has 3 rings (SSSR count). The molecule has 1 aliphatic heterocycles. The lowest BCUT2D eigenvalue weighted by atomic mass is 9.88. The molecule has 2 aromatic carbocycles.